The Morgan fingerprint density at radius 3 is 2.11 bits per heavy atom. The summed E-state index contributed by atoms with van der Waals surface area (Å²) in [5, 5.41) is 13.8. The van der Waals surface area contributed by atoms with Crippen molar-refractivity contribution in [3.63, 3.8) is 0 Å². The van der Waals surface area contributed by atoms with E-state index < -0.39 is 11.4 Å². The Labute approximate surface area is 215 Å². The van der Waals surface area contributed by atoms with E-state index >= 15 is 0 Å². The van der Waals surface area contributed by atoms with Crippen molar-refractivity contribution in [1.82, 2.24) is 10.1 Å². The highest BCUT2D eigenvalue weighted by Crippen LogP contribution is 2.48. The summed E-state index contributed by atoms with van der Waals surface area (Å²) in [7, 11) is 0. The molecule has 1 aliphatic carbocycles. The summed E-state index contributed by atoms with van der Waals surface area (Å²) in [5.74, 6) is 0.0342. The highest BCUT2D eigenvalue weighted by molar-refractivity contribution is 5.85. The quantitative estimate of drug-likeness (QED) is 0.266. The summed E-state index contributed by atoms with van der Waals surface area (Å²) in [6.45, 7) is 1.97. The average molecular weight is 487 g/mol. The molecule has 5 aromatic rings. The number of aromatic nitrogens is 2. The number of hydrogen-bond donors (Lipinski definition) is 1. The predicted octanol–water partition coefficient (Wildman–Crippen LogP) is 7.09. The first kappa shape index (κ1) is 22.9. The molecule has 2 heterocycles. The lowest BCUT2D eigenvalue weighted by atomic mass is 9.93. The fraction of sp³-hybridized carbons (Fsp3) is 0.156. The van der Waals surface area contributed by atoms with Crippen molar-refractivity contribution in [2.24, 2.45) is 0 Å². The van der Waals surface area contributed by atoms with Crippen LogP contribution in [0.25, 0.3) is 33.6 Å². The van der Waals surface area contributed by atoms with Crippen LogP contribution in [0.3, 0.4) is 0 Å². The van der Waals surface area contributed by atoms with Gasteiger partial charge in [0.05, 0.1) is 11.1 Å². The molecule has 1 N–H and O–H groups in total. The average Bonchev–Trinajstić information content (AvgIpc) is 3.69. The lowest BCUT2D eigenvalue weighted by molar-refractivity contribution is -0.140. The van der Waals surface area contributed by atoms with Gasteiger partial charge in [-0.25, -0.2) is 0 Å². The van der Waals surface area contributed by atoms with Gasteiger partial charge in [-0.1, -0.05) is 84.0 Å². The second-order valence-corrected chi connectivity index (χ2v) is 9.74. The number of aryl methyl sites for hydroxylation is 1. The first-order valence-electron chi connectivity index (χ1n) is 12.4. The Morgan fingerprint density at radius 2 is 1.46 bits per heavy atom. The van der Waals surface area contributed by atoms with Gasteiger partial charge in [0.15, 0.2) is 5.76 Å². The van der Waals surface area contributed by atoms with Gasteiger partial charge < -0.3 is 9.63 Å². The normalized spacial score (nSPS) is 13.9. The van der Waals surface area contributed by atoms with Crippen molar-refractivity contribution in [3.8, 4) is 33.6 Å². The zero-order chi connectivity index (χ0) is 25.4. The molecule has 0 atom stereocenters. The molecule has 37 heavy (non-hydrogen) atoms. The van der Waals surface area contributed by atoms with Gasteiger partial charge in [-0.05, 0) is 53.6 Å². The monoisotopic (exact) mass is 486 g/mol. The minimum atomic E-state index is -0.731. The van der Waals surface area contributed by atoms with Gasteiger partial charge in [0.25, 0.3) is 0 Å². The molecule has 0 amide bonds. The number of aliphatic carboxylic acids is 1. The van der Waals surface area contributed by atoms with E-state index in [1.54, 1.807) is 0 Å². The third kappa shape index (κ3) is 4.33. The van der Waals surface area contributed by atoms with Crippen molar-refractivity contribution in [2.45, 2.75) is 31.6 Å². The molecule has 5 nitrogen and oxygen atoms in total. The zero-order valence-electron chi connectivity index (χ0n) is 20.5. The maximum absolute atomic E-state index is 11.6. The summed E-state index contributed by atoms with van der Waals surface area (Å²) in [4.78, 5) is 16.1. The molecule has 0 unspecified atom stereocenters. The number of pyridine rings is 1. The molecule has 1 aliphatic rings. The Kier molecular flexibility index (Phi) is 5.68. The predicted molar refractivity (Wildman–Crippen MR) is 143 cm³/mol. The lowest BCUT2D eigenvalue weighted by Gasteiger charge is -2.11. The number of hydrogen-bond acceptors (Lipinski definition) is 4. The fourth-order valence-electron chi connectivity index (χ4n) is 4.95. The van der Waals surface area contributed by atoms with E-state index in [1.165, 1.54) is 0 Å². The van der Waals surface area contributed by atoms with Crippen LogP contribution in [0, 0.1) is 6.92 Å². The van der Waals surface area contributed by atoms with Crippen molar-refractivity contribution in [1.29, 1.82) is 0 Å². The van der Waals surface area contributed by atoms with Crippen molar-refractivity contribution >= 4 is 5.97 Å². The largest absolute Gasteiger partial charge is 0.481 e. The zero-order valence-corrected chi connectivity index (χ0v) is 20.5. The maximum Gasteiger partial charge on any atom is 0.314 e. The van der Waals surface area contributed by atoms with Crippen LogP contribution in [0.2, 0.25) is 0 Å². The lowest BCUT2D eigenvalue weighted by Crippen LogP contribution is -2.19. The topological polar surface area (TPSA) is 76.2 Å². The molecule has 0 saturated heterocycles. The van der Waals surface area contributed by atoms with Crippen LogP contribution in [-0.4, -0.2) is 21.2 Å². The first-order valence-corrected chi connectivity index (χ1v) is 12.4. The smallest absolute Gasteiger partial charge is 0.314 e. The van der Waals surface area contributed by atoms with Gasteiger partial charge in [0.1, 0.15) is 0 Å². The Hall–Kier alpha value is -4.51. The second kappa shape index (κ2) is 9.17. The maximum atomic E-state index is 11.6. The van der Waals surface area contributed by atoms with Crippen LogP contribution in [0.15, 0.2) is 102 Å². The molecule has 0 spiro atoms. The number of carbonyl (C=O) groups is 1. The van der Waals surface area contributed by atoms with Crippen LogP contribution >= 0.6 is 0 Å². The van der Waals surface area contributed by atoms with E-state index in [9.17, 15) is 9.90 Å². The van der Waals surface area contributed by atoms with E-state index in [-0.39, 0.29) is 0 Å². The minimum Gasteiger partial charge on any atom is -0.481 e. The van der Waals surface area contributed by atoms with Gasteiger partial charge in [0, 0.05) is 35.5 Å². The number of carboxylic acids is 1. The number of nitrogens with zero attached hydrogens (tertiary/aromatic N) is 2. The van der Waals surface area contributed by atoms with Crippen LogP contribution in [-0.2, 0) is 16.6 Å². The van der Waals surface area contributed by atoms with E-state index in [2.05, 4.69) is 40.5 Å². The Bertz CT molecular complexity index is 1570. The van der Waals surface area contributed by atoms with Crippen LogP contribution < -0.4 is 0 Å². The summed E-state index contributed by atoms with van der Waals surface area (Å²) in [5.41, 5.74) is 8.51. The third-order valence-electron chi connectivity index (χ3n) is 7.34. The molecule has 182 valence electrons. The highest BCUT2D eigenvalue weighted by atomic mass is 16.5. The molecular formula is C32H26N2O3. The Balaban J connectivity index is 1.24. The van der Waals surface area contributed by atoms with Gasteiger partial charge in [0.2, 0.25) is 0 Å². The number of benzene rings is 3. The van der Waals surface area contributed by atoms with Gasteiger partial charge >= 0.3 is 5.97 Å². The number of carboxylic acid groups (broad SMARTS) is 1. The SMILES string of the molecule is Cc1noc(-c2ccc(-c3ccc(C4(C(=O)O)CC4)cc3)cc2)c1Cc1cncc(-c2ccccc2)c1. The molecule has 0 aliphatic heterocycles. The third-order valence-corrected chi connectivity index (χ3v) is 7.34. The summed E-state index contributed by atoms with van der Waals surface area (Å²) >= 11 is 0. The van der Waals surface area contributed by atoms with Gasteiger partial charge in [-0.15, -0.1) is 0 Å². The Morgan fingerprint density at radius 1 is 0.838 bits per heavy atom. The highest BCUT2D eigenvalue weighted by Gasteiger charge is 2.51. The molecule has 0 bridgehead atoms. The van der Waals surface area contributed by atoms with E-state index in [0.29, 0.717) is 19.3 Å². The molecule has 2 aromatic heterocycles. The van der Waals surface area contributed by atoms with Gasteiger partial charge in [-0.3, -0.25) is 9.78 Å². The summed E-state index contributed by atoms with van der Waals surface area (Å²) in [6, 6.07) is 28.5. The minimum absolute atomic E-state index is 0.673. The van der Waals surface area contributed by atoms with Crippen molar-refractivity contribution in [3.05, 3.63) is 120 Å². The molecule has 1 saturated carbocycles. The second-order valence-electron chi connectivity index (χ2n) is 9.74. The molecule has 3 aromatic carbocycles. The van der Waals surface area contributed by atoms with Crippen molar-refractivity contribution < 1.29 is 14.4 Å². The van der Waals surface area contributed by atoms with Crippen LogP contribution in [0.4, 0.5) is 0 Å². The van der Waals surface area contributed by atoms with E-state index in [4.69, 9.17) is 4.52 Å². The molecule has 5 heteroatoms. The molecule has 1 fully saturated rings. The molecule has 0 radical (unpaired) electrons. The fourth-order valence-corrected chi connectivity index (χ4v) is 4.95. The van der Waals surface area contributed by atoms with Gasteiger partial charge in [-0.2, -0.15) is 0 Å². The van der Waals surface area contributed by atoms with Crippen molar-refractivity contribution in [2.75, 3.05) is 0 Å². The first-order chi connectivity index (χ1) is 18.0. The van der Waals surface area contributed by atoms with Crippen LogP contribution in [0.5, 0.6) is 0 Å². The van der Waals surface area contributed by atoms with E-state index in [0.717, 1.165) is 56.0 Å². The summed E-state index contributed by atoms with van der Waals surface area (Å²) in [6.07, 6.45) is 5.87. The van der Waals surface area contributed by atoms with E-state index in [1.807, 2.05) is 73.9 Å². The van der Waals surface area contributed by atoms with Crippen LogP contribution in [0.1, 0.15) is 35.2 Å². The molecule has 6 rings (SSSR count). The molecular weight excluding hydrogens is 460 g/mol. The number of rotatable bonds is 7. The summed E-state index contributed by atoms with van der Waals surface area (Å²) < 4.78 is 5.77. The standard InChI is InChI=1S/C32H26N2O3/c1-21-29(18-22-17-27(20-33-19-22)23-5-3-2-4-6-23)30(37-34-21)26-9-7-24(8-10-26)25-11-13-28(14-12-25)32(15-16-32)31(35)36/h2-14,17,19-20H,15-16,18H2,1H3,(H,35,36).